The van der Waals surface area contributed by atoms with Crippen molar-refractivity contribution in [2.75, 3.05) is 0 Å². The van der Waals surface area contributed by atoms with Crippen molar-refractivity contribution in [2.24, 2.45) is 0 Å². The second kappa shape index (κ2) is 9.84. The molecule has 3 atom stereocenters. The van der Waals surface area contributed by atoms with Crippen molar-refractivity contribution in [2.45, 2.75) is 37.4 Å². The zero-order valence-corrected chi connectivity index (χ0v) is 16.5. The summed E-state index contributed by atoms with van der Waals surface area (Å²) in [6.07, 6.45) is -0.136. The van der Waals surface area contributed by atoms with E-state index < -0.39 is 54.1 Å². The third kappa shape index (κ3) is 6.11. The number of carbonyl (C=O) groups is 4. The Bertz CT molecular complexity index is 965. The molecule has 0 unspecified atom stereocenters. The molecule has 3 rings (SSSR count). The number of carboxylic acid groups (broad SMARTS) is 1. The maximum absolute atomic E-state index is 13.0. The first-order valence-electron chi connectivity index (χ1n) is 9.73. The number of halogens is 1. The zero-order valence-electron chi connectivity index (χ0n) is 16.5. The molecule has 9 heteroatoms. The molecule has 4 N–H and O–H groups in total. The number of hydrogen-bond acceptors (Lipinski definition) is 4. The molecular formula is C22H22FN3O5. The van der Waals surface area contributed by atoms with Crippen LogP contribution in [0, 0.1) is 5.82 Å². The summed E-state index contributed by atoms with van der Waals surface area (Å²) in [5, 5.41) is 16.9. The lowest BCUT2D eigenvalue weighted by Crippen LogP contribution is -2.63. The van der Waals surface area contributed by atoms with Crippen molar-refractivity contribution >= 4 is 23.7 Å². The third-order valence-corrected chi connectivity index (χ3v) is 4.92. The number of benzene rings is 2. The quantitative estimate of drug-likeness (QED) is 0.490. The second-order valence-electron chi connectivity index (χ2n) is 7.31. The Kier molecular flexibility index (Phi) is 6.96. The summed E-state index contributed by atoms with van der Waals surface area (Å²) in [7, 11) is 0. The van der Waals surface area contributed by atoms with E-state index in [-0.39, 0.29) is 6.42 Å². The van der Waals surface area contributed by atoms with Crippen LogP contribution in [-0.4, -0.2) is 46.9 Å². The van der Waals surface area contributed by atoms with Crippen LogP contribution in [0.4, 0.5) is 4.39 Å². The minimum atomic E-state index is -1.27. The maximum atomic E-state index is 13.0. The smallest absolute Gasteiger partial charge is 0.326 e. The van der Waals surface area contributed by atoms with E-state index in [9.17, 15) is 28.7 Å². The average Bonchev–Trinajstić information content (AvgIpc) is 2.73. The molecule has 0 spiro atoms. The van der Waals surface area contributed by atoms with Crippen molar-refractivity contribution in [1.29, 1.82) is 0 Å². The van der Waals surface area contributed by atoms with Crippen molar-refractivity contribution in [3.8, 4) is 0 Å². The van der Waals surface area contributed by atoms with Gasteiger partial charge in [-0.1, -0.05) is 42.5 Å². The SMILES string of the molecule is O=C(C[C@@H]1NC(=O)[C@H](Cc2ccccc2)NC1=O)N[C@@H](Cc1ccc(F)cc1)C(=O)O. The molecule has 0 bridgehead atoms. The minimum Gasteiger partial charge on any atom is -0.480 e. The number of nitrogens with one attached hydrogen (secondary N) is 3. The van der Waals surface area contributed by atoms with Gasteiger partial charge >= 0.3 is 5.97 Å². The fourth-order valence-corrected chi connectivity index (χ4v) is 3.31. The molecule has 31 heavy (non-hydrogen) atoms. The lowest BCUT2D eigenvalue weighted by Gasteiger charge is -2.29. The molecule has 0 saturated carbocycles. The number of aliphatic carboxylic acids is 1. The Morgan fingerprint density at radius 3 is 2.19 bits per heavy atom. The molecule has 0 aromatic heterocycles. The van der Waals surface area contributed by atoms with Crippen LogP contribution in [0.25, 0.3) is 0 Å². The molecule has 3 amide bonds. The van der Waals surface area contributed by atoms with Gasteiger partial charge in [0.05, 0.1) is 6.42 Å². The molecule has 1 aliphatic heterocycles. The van der Waals surface area contributed by atoms with Crippen LogP contribution in [0.15, 0.2) is 54.6 Å². The number of hydrogen-bond donors (Lipinski definition) is 4. The second-order valence-corrected chi connectivity index (χ2v) is 7.31. The molecule has 0 aliphatic carbocycles. The molecule has 2 aromatic carbocycles. The number of rotatable bonds is 8. The van der Waals surface area contributed by atoms with Crippen LogP contribution in [0.1, 0.15) is 17.5 Å². The maximum Gasteiger partial charge on any atom is 0.326 e. The molecule has 0 radical (unpaired) electrons. The Labute approximate surface area is 177 Å². The molecular weight excluding hydrogens is 405 g/mol. The van der Waals surface area contributed by atoms with Crippen molar-refractivity contribution < 1.29 is 28.7 Å². The van der Waals surface area contributed by atoms with Gasteiger partial charge in [0.2, 0.25) is 17.7 Å². The summed E-state index contributed by atoms with van der Waals surface area (Å²) in [4.78, 5) is 48.5. The van der Waals surface area contributed by atoms with E-state index in [1.807, 2.05) is 30.3 Å². The van der Waals surface area contributed by atoms with E-state index >= 15 is 0 Å². The van der Waals surface area contributed by atoms with Crippen LogP contribution in [0.3, 0.4) is 0 Å². The summed E-state index contributed by atoms with van der Waals surface area (Å²) in [6, 6.07) is 11.3. The normalized spacial score (nSPS) is 19.1. The van der Waals surface area contributed by atoms with Crippen LogP contribution in [0.5, 0.6) is 0 Å². The molecule has 1 saturated heterocycles. The highest BCUT2D eigenvalue weighted by atomic mass is 19.1. The summed E-state index contributed by atoms with van der Waals surface area (Å²) in [5.74, 6) is -3.35. The highest BCUT2D eigenvalue weighted by Crippen LogP contribution is 2.10. The first-order chi connectivity index (χ1) is 14.8. The Hall–Kier alpha value is -3.75. The third-order valence-electron chi connectivity index (χ3n) is 4.92. The van der Waals surface area contributed by atoms with Crippen LogP contribution >= 0.6 is 0 Å². The standard InChI is InChI=1S/C22H22FN3O5/c23-15-8-6-14(7-9-15)11-18(22(30)31)24-19(27)12-17-21(29)25-16(20(28)26-17)10-13-4-2-1-3-5-13/h1-9,16-18H,10-12H2,(H,24,27)(H,25,29)(H,26,28)(H,30,31)/t16-,17-,18-/m0/s1. The van der Waals surface area contributed by atoms with E-state index in [0.717, 1.165) is 5.56 Å². The largest absolute Gasteiger partial charge is 0.480 e. The predicted octanol–water partition coefficient (Wildman–Crippen LogP) is 0.554. The molecule has 2 aromatic rings. The molecule has 1 heterocycles. The monoisotopic (exact) mass is 427 g/mol. The average molecular weight is 427 g/mol. The van der Waals surface area contributed by atoms with E-state index in [4.69, 9.17) is 0 Å². The Balaban J connectivity index is 1.55. The van der Waals surface area contributed by atoms with Gasteiger partial charge in [0.1, 0.15) is 23.9 Å². The molecule has 162 valence electrons. The van der Waals surface area contributed by atoms with Crippen LogP contribution in [-0.2, 0) is 32.0 Å². The highest BCUT2D eigenvalue weighted by Gasteiger charge is 2.35. The van der Waals surface area contributed by atoms with Gasteiger partial charge in [-0.15, -0.1) is 0 Å². The van der Waals surface area contributed by atoms with Crippen LogP contribution in [0.2, 0.25) is 0 Å². The summed E-state index contributed by atoms with van der Waals surface area (Å²) in [5.41, 5.74) is 1.41. The molecule has 1 aliphatic rings. The zero-order chi connectivity index (χ0) is 22.4. The van der Waals surface area contributed by atoms with Gasteiger partial charge in [-0.3, -0.25) is 14.4 Å². The van der Waals surface area contributed by atoms with E-state index in [1.165, 1.54) is 24.3 Å². The minimum absolute atomic E-state index is 0.0519. The lowest BCUT2D eigenvalue weighted by atomic mass is 10.0. The van der Waals surface area contributed by atoms with Crippen molar-refractivity contribution in [3.63, 3.8) is 0 Å². The van der Waals surface area contributed by atoms with E-state index in [1.54, 1.807) is 0 Å². The molecule has 1 fully saturated rings. The van der Waals surface area contributed by atoms with Gasteiger partial charge in [-0.05, 0) is 23.3 Å². The first kappa shape index (κ1) is 21.9. The topological polar surface area (TPSA) is 125 Å². The number of amides is 3. The van der Waals surface area contributed by atoms with Gasteiger partial charge in [-0.25, -0.2) is 9.18 Å². The van der Waals surface area contributed by atoms with Gasteiger partial charge in [0.15, 0.2) is 0 Å². The first-order valence-corrected chi connectivity index (χ1v) is 9.73. The molecule has 8 nitrogen and oxygen atoms in total. The van der Waals surface area contributed by atoms with Gasteiger partial charge in [0.25, 0.3) is 0 Å². The van der Waals surface area contributed by atoms with Crippen LogP contribution < -0.4 is 16.0 Å². The summed E-state index contributed by atoms with van der Waals surface area (Å²) in [6.45, 7) is 0. The fourth-order valence-electron chi connectivity index (χ4n) is 3.31. The van der Waals surface area contributed by atoms with Gasteiger partial charge < -0.3 is 21.1 Å². The van der Waals surface area contributed by atoms with Gasteiger partial charge in [0, 0.05) is 12.8 Å². The Morgan fingerprint density at radius 2 is 1.55 bits per heavy atom. The lowest BCUT2D eigenvalue weighted by molar-refractivity contribution is -0.142. The Morgan fingerprint density at radius 1 is 0.935 bits per heavy atom. The number of piperazine rings is 1. The summed E-state index contributed by atoms with van der Waals surface area (Å²) >= 11 is 0. The number of carboxylic acids is 1. The number of carbonyl (C=O) groups excluding carboxylic acids is 3. The van der Waals surface area contributed by atoms with E-state index in [2.05, 4.69) is 16.0 Å². The predicted molar refractivity (Wildman–Crippen MR) is 108 cm³/mol. The van der Waals surface area contributed by atoms with Gasteiger partial charge in [-0.2, -0.15) is 0 Å². The van der Waals surface area contributed by atoms with E-state index in [0.29, 0.717) is 12.0 Å². The fraction of sp³-hybridized carbons (Fsp3) is 0.273. The van der Waals surface area contributed by atoms with Crippen molar-refractivity contribution in [3.05, 3.63) is 71.5 Å². The summed E-state index contributed by atoms with van der Waals surface area (Å²) < 4.78 is 13.0. The highest BCUT2D eigenvalue weighted by molar-refractivity contribution is 5.99. The van der Waals surface area contributed by atoms with Crippen molar-refractivity contribution in [1.82, 2.24) is 16.0 Å².